The molecule has 0 spiro atoms. The van der Waals surface area contributed by atoms with Crippen molar-refractivity contribution in [1.82, 2.24) is 9.55 Å². The van der Waals surface area contributed by atoms with E-state index in [1.54, 1.807) is 0 Å². The molecule has 13 heteroatoms. The summed E-state index contributed by atoms with van der Waals surface area (Å²) >= 11 is 0. The van der Waals surface area contributed by atoms with Crippen molar-refractivity contribution in [2.24, 2.45) is 46.3 Å². The third-order valence-electron chi connectivity index (χ3n) is 13.6. The van der Waals surface area contributed by atoms with Gasteiger partial charge >= 0.3 is 43.1 Å². The topological polar surface area (TPSA) is 163 Å². The molecule has 0 bridgehead atoms. The Morgan fingerprint density at radius 2 is 1.86 bits per heavy atom. The zero-order valence-electron chi connectivity index (χ0n) is 31.1. The Kier molecular flexibility index (Phi) is 12.7. The normalized spacial score (nSPS) is 39.9. The quantitative estimate of drug-likeness (QED) is 0.176. The summed E-state index contributed by atoms with van der Waals surface area (Å²) in [5.41, 5.74) is 0.760. The molecule has 5 aliphatic rings. The summed E-state index contributed by atoms with van der Waals surface area (Å²) < 4.78 is 31.0. The maximum atomic E-state index is 13.1. The Morgan fingerprint density at radius 1 is 1.12 bits per heavy atom. The number of rotatable bonds is 11. The average Bonchev–Trinajstić information content (AvgIpc) is 3.57. The van der Waals surface area contributed by atoms with E-state index in [-0.39, 0.29) is 58.3 Å². The average molecular weight is 729 g/mol. The predicted molar refractivity (Wildman–Crippen MR) is 182 cm³/mol. The van der Waals surface area contributed by atoms with Gasteiger partial charge in [0.2, 0.25) is 0 Å². The second kappa shape index (κ2) is 15.6. The maximum Gasteiger partial charge on any atom is 1.00 e. The first-order chi connectivity index (χ1) is 23.0. The van der Waals surface area contributed by atoms with E-state index in [4.69, 9.17) is 13.8 Å². The van der Waals surface area contributed by atoms with E-state index in [0.717, 1.165) is 28.9 Å². The van der Waals surface area contributed by atoms with Crippen LogP contribution < -0.4 is 40.4 Å². The van der Waals surface area contributed by atoms with E-state index in [0.29, 0.717) is 36.5 Å². The molecule has 276 valence electrons. The zero-order valence-corrected chi connectivity index (χ0v) is 34.0. The fourth-order valence-electron chi connectivity index (χ4n) is 10.9. The van der Waals surface area contributed by atoms with Crippen molar-refractivity contribution >= 4 is 7.82 Å². The monoisotopic (exact) mass is 728 g/mol. The van der Waals surface area contributed by atoms with E-state index >= 15 is 0 Å². The number of fused-ring (bicyclic) bond motifs is 5. The number of phosphoric ester groups is 1. The van der Waals surface area contributed by atoms with Crippen LogP contribution in [0.2, 0.25) is 0 Å². The summed E-state index contributed by atoms with van der Waals surface area (Å²) in [7, 11) is -4.53. The van der Waals surface area contributed by atoms with Crippen molar-refractivity contribution in [2.75, 3.05) is 6.61 Å². The van der Waals surface area contributed by atoms with Crippen LogP contribution >= 0.6 is 7.82 Å². The predicted octanol–water partition coefficient (Wildman–Crippen LogP) is 2.79. The molecule has 11 nitrogen and oxygen atoms in total. The van der Waals surface area contributed by atoms with Gasteiger partial charge in [-0.1, -0.05) is 65.5 Å². The molecule has 0 amide bonds. The summed E-state index contributed by atoms with van der Waals surface area (Å²) in [5.74, 6) is 2.64. The van der Waals surface area contributed by atoms with Gasteiger partial charge in [0, 0.05) is 12.6 Å². The Morgan fingerprint density at radius 3 is 2.58 bits per heavy atom. The maximum absolute atomic E-state index is 13.1. The van der Waals surface area contributed by atoms with Crippen molar-refractivity contribution < 1.29 is 68.1 Å². The molecule has 4 aliphatic carbocycles. The number of hydrogen-bond acceptors (Lipinski definition) is 9. The molecular weight excluding hydrogens is 670 g/mol. The van der Waals surface area contributed by atoms with Crippen LogP contribution in [0.1, 0.15) is 117 Å². The van der Waals surface area contributed by atoms with Crippen molar-refractivity contribution in [3.05, 3.63) is 33.9 Å². The summed E-state index contributed by atoms with van der Waals surface area (Å²) in [6.45, 7) is 13.0. The molecule has 1 unspecified atom stereocenters. The molecular formula is C37H58N2NaO9P. The van der Waals surface area contributed by atoms with Gasteiger partial charge in [-0.2, -0.15) is 0 Å². The number of aliphatic hydroxyl groups is 2. The number of hydrogen-bond donors (Lipinski definition) is 3. The van der Waals surface area contributed by atoms with Crippen LogP contribution in [0.4, 0.5) is 0 Å². The van der Waals surface area contributed by atoms with Crippen LogP contribution in [0.5, 0.6) is 5.88 Å². The Balaban J connectivity index is 0.00000486. The molecule has 4 fully saturated rings. The fourth-order valence-corrected chi connectivity index (χ4v) is 11.9. The fraction of sp³-hybridized carbons (Fsp3) is 0.838. The number of aliphatic hydroxyl groups excluding tert-OH is 2. The Bertz CT molecular complexity index is 1510. The molecule has 6 rings (SSSR count). The van der Waals surface area contributed by atoms with Gasteiger partial charge in [-0.25, -0.2) is 14.3 Å². The molecule has 2 heterocycles. The van der Waals surface area contributed by atoms with Gasteiger partial charge < -0.3 is 24.9 Å². The molecule has 0 aromatic carbocycles. The third-order valence-corrected chi connectivity index (χ3v) is 14.6. The smallest absolute Gasteiger partial charge is 0.858 e. The van der Waals surface area contributed by atoms with Crippen LogP contribution in [0, 0.1) is 53.3 Å². The standard InChI is InChI=1S/C37H59N2O9P.Na/c1-21(2)8-7-9-22(3)26-10-11-27-33-28(13-15-37(26,27)6)36(5)14-12-25(16-24(36)17-30(33)41)48-49(44,45)46-20-31-29(40)18-32(47-31)39-19-23(4)34(42)38-35(39)43;/h17,19,21-22,25-33,40-41H,7-16,18,20H2,1-6H3,(H,44,45)(H,38,42,43);/q;+1/p-1/t22-,25+,26-,27+,28+,29+,30+,31-,32-,33+,36+,37-;/m1./s1. The van der Waals surface area contributed by atoms with Gasteiger partial charge in [0.15, 0.2) is 0 Å². The minimum atomic E-state index is -4.53. The molecule has 50 heavy (non-hydrogen) atoms. The summed E-state index contributed by atoms with van der Waals surface area (Å²) in [6, 6.07) is 0. The Hall–Kier alpha value is -0.590. The number of aryl methyl sites for hydroxylation is 1. The van der Waals surface area contributed by atoms with Crippen LogP contribution in [0.3, 0.4) is 0 Å². The van der Waals surface area contributed by atoms with Crippen LogP contribution in [-0.2, 0) is 18.3 Å². The molecule has 1 aliphatic heterocycles. The van der Waals surface area contributed by atoms with Crippen LogP contribution in [0.15, 0.2) is 22.6 Å². The first kappa shape index (κ1) is 40.6. The van der Waals surface area contributed by atoms with E-state index in [9.17, 15) is 29.6 Å². The second-order valence-electron chi connectivity index (χ2n) is 17.0. The van der Waals surface area contributed by atoms with E-state index in [2.05, 4.69) is 39.6 Å². The Labute approximate surface area is 319 Å². The van der Waals surface area contributed by atoms with Crippen molar-refractivity contribution in [2.45, 2.75) is 143 Å². The van der Waals surface area contributed by atoms with Crippen LogP contribution in [-0.4, -0.2) is 55.7 Å². The molecule has 1 saturated heterocycles. The number of nitrogens with zero attached hydrogens (tertiary/aromatic N) is 2. The molecule has 0 radical (unpaired) electrons. The molecule has 1 aromatic rings. The SMILES string of the molecule is Cc1cn([C@H]2C[C@H](O)[C@@H](COP(=O)(O)O[C@H]3CC[C@@]4(C)C(=C[C@H](O)[C@H]5[C@@H]6CC[C@H]([C@H](C)CCCC(C)C)[C@@]6(C)CC[C@@H]54)C3)O2)c(=O)nc1[O-].[Na+]. The van der Waals surface area contributed by atoms with Gasteiger partial charge in [-0.3, -0.25) is 13.6 Å². The summed E-state index contributed by atoms with van der Waals surface area (Å²) in [4.78, 5) is 26.4. The van der Waals surface area contributed by atoms with Gasteiger partial charge in [-0.15, -0.1) is 0 Å². The first-order valence-corrected chi connectivity index (χ1v) is 20.2. The van der Waals surface area contributed by atoms with Gasteiger partial charge in [0.1, 0.15) is 12.3 Å². The number of ether oxygens (including phenoxy) is 1. The molecule has 3 N–H and O–H groups in total. The van der Waals surface area contributed by atoms with Crippen molar-refractivity contribution in [1.29, 1.82) is 0 Å². The van der Waals surface area contributed by atoms with Gasteiger partial charge in [-0.05, 0) is 110 Å². The second-order valence-corrected chi connectivity index (χ2v) is 18.4. The number of aromatic nitrogens is 2. The summed E-state index contributed by atoms with van der Waals surface area (Å²) in [6.07, 6.45) is 9.86. The van der Waals surface area contributed by atoms with Crippen molar-refractivity contribution in [3.8, 4) is 5.88 Å². The summed E-state index contributed by atoms with van der Waals surface area (Å²) in [5, 5.41) is 34.0. The van der Waals surface area contributed by atoms with Crippen LogP contribution in [0.25, 0.3) is 0 Å². The molecule has 3 saturated carbocycles. The molecule has 1 aromatic heterocycles. The minimum absolute atomic E-state index is 0. The largest absolute Gasteiger partial charge is 1.00 e. The van der Waals surface area contributed by atoms with E-state index in [1.165, 1.54) is 51.6 Å². The van der Waals surface area contributed by atoms with Gasteiger partial charge in [0.05, 0.1) is 24.9 Å². The van der Waals surface area contributed by atoms with Gasteiger partial charge in [0.25, 0.3) is 0 Å². The van der Waals surface area contributed by atoms with Crippen molar-refractivity contribution in [3.63, 3.8) is 0 Å². The van der Waals surface area contributed by atoms with E-state index in [1.807, 2.05) is 6.08 Å². The van der Waals surface area contributed by atoms with E-state index < -0.39 is 56.6 Å². The minimum Gasteiger partial charge on any atom is -0.858 e. The molecule has 13 atom stereocenters. The first-order valence-electron chi connectivity index (χ1n) is 18.7. The third kappa shape index (κ3) is 7.94. The number of phosphoric acid groups is 1. The zero-order chi connectivity index (χ0) is 35.5.